The van der Waals surface area contributed by atoms with Gasteiger partial charge in [0.05, 0.1) is 11.3 Å². The van der Waals surface area contributed by atoms with Crippen LogP contribution in [-0.4, -0.2) is 9.13 Å². The Morgan fingerprint density at radius 3 is 2.13 bits per heavy atom. The predicted octanol–water partition coefficient (Wildman–Crippen LogP) is 3.49. The van der Waals surface area contributed by atoms with Gasteiger partial charge in [-0.3, -0.25) is 13.9 Å². The maximum Gasteiger partial charge on any atom is 0.416 e. The van der Waals surface area contributed by atoms with Gasteiger partial charge in [-0.05, 0) is 38.1 Å². The molecular formula is C15H14BrF3N2O2. The van der Waals surface area contributed by atoms with E-state index in [-0.39, 0.29) is 17.1 Å². The Labute approximate surface area is 138 Å². The van der Waals surface area contributed by atoms with Gasteiger partial charge < -0.3 is 0 Å². The highest BCUT2D eigenvalue weighted by atomic mass is 79.9. The van der Waals surface area contributed by atoms with E-state index in [1.54, 1.807) is 13.8 Å². The number of benzene rings is 1. The van der Waals surface area contributed by atoms with Crippen LogP contribution in [0.3, 0.4) is 0 Å². The molecule has 0 N–H and O–H groups in total. The molecule has 124 valence electrons. The van der Waals surface area contributed by atoms with E-state index in [2.05, 4.69) is 15.9 Å². The molecule has 0 radical (unpaired) electrons. The zero-order valence-corrected chi connectivity index (χ0v) is 14.0. The molecule has 1 aromatic carbocycles. The summed E-state index contributed by atoms with van der Waals surface area (Å²) in [7, 11) is 0. The highest BCUT2D eigenvalue weighted by Crippen LogP contribution is 2.29. The fourth-order valence-corrected chi connectivity index (χ4v) is 2.55. The van der Waals surface area contributed by atoms with E-state index in [9.17, 15) is 22.8 Å². The number of aromatic nitrogens is 2. The lowest BCUT2D eigenvalue weighted by molar-refractivity contribution is -0.137. The van der Waals surface area contributed by atoms with Gasteiger partial charge in [0.25, 0.3) is 5.56 Å². The summed E-state index contributed by atoms with van der Waals surface area (Å²) in [5, 5.41) is 0.236. The first kappa shape index (κ1) is 17.5. The molecule has 2 rings (SSSR count). The van der Waals surface area contributed by atoms with E-state index in [1.165, 1.54) is 22.9 Å². The van der Waals surface area contributed by atoms with Gasteiger partial charge in [-0.2, -0.15) is 13.2 Å². The summed E-state index contributed by atoms with van der Waals surface area (Å²) >= 11 is 3.18. The van der Waals surface area contributed by atoms with Gasteiger partial charge >= 0.3 is 11.9 Å². The van der Waals surface area contributed by atoms with Crippen LogP contribution in [0.25, 0.3) is 5.69 Å². The number of nitrogens with zero attached hydrogens (tertiary/aromatic N) is 2. The molecule has 0 saturated carbocycles. The molecular weight excluding hydrogens is 377 g/mol. The van der Waals surface area contributed by atoms with Crippen molar-refractivity contribution < 1.29 is 13.2 Å². The van der Waals surface area contributed by atoms with E-state index < -0.39 is 23.0 Å². The second kappa shape index (κ2) is 6.35. The van der Waals surface area contributed by atoms with Crippen molar-refractivity contribution in [2.24, 2.45) is 0 Å². The van der Waals surface area contributed by atoms with Crippen LogP contribution in [0.15, 0.2) is 40.1 Å². The lowest BCUT2D eigenvalue weighted by Crippen LogP contribution is -2.41. The van der Waals surface area contributed by atoms with Crippen molar-refractivity contribution in [3.8, 4) is 5.69 Å². The Bertz CT molecular complexity index is 821. The molecule has 0 atom stereocenters. The third-order valence-electron chi connectivity index (χ3n) is 3.32. The maximum absolute atomic E-state index is 12.6. The molecule has 23 heavy (non-hydrogen) atoms. The van der Waals surface area contributed by atoms with Crippen molar-refractivity contribution in [1.82, 2.24) is 9.13 Å². The molecule has 1 heterocycles. The number of hydrogen-bond donors (Lipinski definition) is 0. The van der Waals surface area contributed by atoms with Gasteiger partial charge in [-0.15, -0.1) is 0 Å². The summed E-state index contributed by atoms with van der Waals surface area (Å²) in [6.07, 6.45) is -3.10. The van der Waals surface area contributed by atoms with Gasteiger partial charge in [0.15, 0.2) is 0 Å². The average Bonchev–Trinajstić information content (AvgIpc) is 2.46. The summed E-state index contributed by atoms with van der Waals surface area (Å²) in [6, 6.07) is 3.85. The van der Waals surface area contributed by atoms with Crippen LogP contribution in [0, 0.1) is 0 Å². The smallest absolute Gasteiger partial charge is 0.269 e. The van der Waals surface area contributed by atoms with Crippen molar-refractivity contribution in [3.63, 3.8) is 0 Å². The molecule has 0 fully saturated rings. The minimum atomic E-state index is -4.44. The summed E-state index contributed by atoms with van der Waals surface area (Å²) in [5.74, 6) is 0. The van der Waals surface area contributed by atoms with Crippen LogP contribution in [0.4, 0.5) is 13.2 Å². The minimum Gasteiger partial charge on any atom is -0.269 e. The number of halogens is 4. The summed E-state index contributed by atoms with van der Waals surface area (Å²) in [6.45, 7) is 3.38. The van der Waals surface area contributed by atoms with Crippen LogP contribution in [0.5, 0.6) is 0 Å². The Balaban J connectivity index is 2.67. The maximum atomic E-state index is 12.6. The van der Waals surface area contributed by atoms with E-state index in [4.69, 9.17) is 0 Å². The monoisotopic (exact) mass is 390 g/mol. The SMILES string of the molecule is CC(C)n1c(=O)c(CBr)cn(-c2ccc(C(F)(F)F)cc2)c1=O. The number of alkyl halides is 4. The van der Waals surface area contributed by atoms with Crippen LogP contribution in [0.1, 0.15) is 31.0 Å². The van der Waals surface area contributed by atoms with Crippen molar-refractivity contribution in [3.05, 3.63) is 62.4 Å². The molecule has 0 bridgehead atoms. The Morgan fingerprint density at radius 1 is 1.13 bits per heavy atom. The first-order chi connectivity index (χ1) is 10.7. The van der Waals surface area contributed by atoms with E-state index in [0.29, 0.717) is 5.56 Å². The summed E-state index contributed by atoms with van der Waals surface area (Å²) in [4.78, 5) is 24.7. The van der Waals surface area contributed by atoms with E-state index in [1.807, 2.05) is 0 Å². The van der Waals surface area contributed by atoms with Gasteiger partial charge in [-0.25, -0.2) is 4.79 Å². The van der Waals surface area contributed by atoms with Crippen LogP contribution in [0.2, 0.25) is 0 Å². The van der Waals surface area contributed by atoms with Gasteiger partial charge in [0, 0.05) is 23.1 Å². The lowest BCUT2D eigenvalue weighted by Gasteiger charge is -2.15. The van der Waals surface area contributed by atoms with Gasteiger partial charge in [0.2, 0.25) is 0 Å². The highest BCUT2D eigenvalue weighted by Gasteiger charge is 2.30. The normalized spacial score (nSPS) is 12.0. The molecule has 0 aliphatic carbocycles. The molecule has 0 amide bonds. The second-order valence-electron chi connectivity index (χ2n) is 5.25. The quantitative estimate of drug-likeness (QED) is 0.752. The molecule has 0 aliphatic heterocycles. The van der Waals surface area contributed by atoms with E-state index >= 15 is 0 Å². The second-order valence-corrected chi connectivity index (χ2v) is 5.81. The molecule has 0 aliphatic rings. The average molecular weight is 391 g/mol. The molecule has 1 aromatic heterocycles. The van der Waals surface area contributed by atoms with E-state index in [0.717, 1.165) is 16.7 Å². The van der Waals surface area contributed by atoms with Crippen LogP contribution < -0.4 is 11.2 Å². The Kier molecular flexibility index (Phi) is 4.84. The molecule has 0 saturated heterocycles. The largest absolute Gasteiger partial charge is 0.416 e. The highest BCUT2D eigenvalue weighted by molar-refractivity contribution is 9.08. The van der Waals surface area contributed by atoms with Crippen molar-refractivity contribution in [1.29, 1.82) is 0 Å². The number of rotatable bonds is 3. The molecule has 0 unspecified atom stereocenters. The number of hydrogen-bond acceptors (Lipinski definition) is 2. The third kappa shape index (κ3) is 3.41. The zero-order chi connectivity index (χ0) is 17.4. The Hall–Kier alpha value is -1.83. The van der Waals surface area contributed by atoms with Gasteiger partial charge in [0.1, 0.15) is 0 Å². The molecule has 2 aromatic rings. The zero-order valence-electron chi connectivity index (χ0n) is 12.4. The Morgan fingerprint density at radius 2 is 1.70 bits per heavy atom. The first-order valence-corrected chi connectivity index (χ1v) is 7.89. The molecule has 8 heteroatoms. The standard InChI is InChI=1S/C15H14BrF3N2O2/c1-9(2)21-13(22)10(7-16)8-20(14(21)23)12-5-3-11(4-6-12)15(17,18)19/h3-6,8-9H,7H2,1-2H3. The summed E-state index contributed by atoms with van der Waals surface area (Å²) < 4.78 is 40.1. The third-order valence-corrected chi connectivity index (χ3v) is 3.93. The first-order valence-electron chi connectivity index (χ1n) is 6.77. The predicted molar refractivity (Wildman–Crippen MR) is 84.3 cm³/mol. The van der Waals surface area contributed by atoms with Crippen LogP contribution in [-0.2, 0) is 11.5 Å². The minimum absolute atomic E-state index is 0.236. The molecule has 0 spiro atoms. The van der Waals surface area contributed by atoms with Crippen LogP contribution >= 0.6 is 15.9 Å². The van der Waals surface area contributed by atoms with Crippen molar-refractivity contribution >= 4 is 15.9 Å². The van der Waals surface area contributed by atoms with Crippen molar-refractivity contribution in [2.75, 3.05) is 0 Å². The van der Waals surface area contributed by atoms with Crippen molar-refractivity contribution in [2.45, 2.75) is 31.4 Å². The van der Waals surface area contributed by atoms with Gasteiger partial charge in [-0.1, -0.05) is 15.9 Å². The fraction of sp³-hybridized carbons (Fsp3) is 0.333. The molecule has 4 nitrogen and oxygen atoms in total. The fourth-order valence-electron chi connectivity index (χ4n) is 2.17. The lowest BCUT2D eigenvalue weighted by atomic mass is 10.2. The topological polar surface area (TPSA) is 44.0 Å². The summed E-state index contributed by atoms with van der Waals surface area (Å²) in [5.41, 5.74) is -1.19.